The summed E-state index contributed by atoms with van der Waals surface area (Å²) >= 11 is 0. The van der Waals surface area contributed by atoms with Crippen molar-refractivity contribution in [3.05, 3.63) is 70.5 Å². The minimum absolute atomic E-state index is 0.226. The number of carbonyl (C=O) groups excluding carboxylic acids is 2. The zero-order chi connectivity index (χ0) is 19.2. The molecule has 0 radical (unpaired) electrons. The first kappa shape index (κ1) is 17.7. The fourth-order valence-electron chi connectivity index (χ4n) is 2.73. The molecule has 0 atom stereocenters. The molecule has 134 valence electrons. The summed E-state index contributed by atoms with van der Waals surface area (Å²) in [5.74, 6) is -2.70. The van der Waals surface area contributed by atoms with Crippen molar-refractivity contribution in [1.82, 2.24) is 0 Å². The molecule has 2 amide bonds. The number of amides is 2. The largest absolute Gasteiger partial charge is 0.502 e. The van der Waals surface area contributed by atoms with Crippen molar-refractivity contribution in [1.29, 1.82) is 0 Å². The molecular formula is C19H14F3NO3. The molecule has 0 saturated heterocycles. The van der Waals surface area contributed by atoms with E-state index in [2.05, 4.69) is 0 Å². The molecule has 1 aliphatic heterocycles. The van der Waals surface area contributed by atoms with Gasteiger partial charge in [0.2, 0.25) is 0 Å². The fraction of sp³-hybridized carbons (Fsp3) is 0.158. The Bertz CT molecular complexity index is 961. The lowest BCUT2D eigenvalue weighted by atomic mass is 10.00. The topological polar surface area (TPSA) is 57.6 Å². The van der Waals surface area contributed by atoms with E-state index in [1.54, 1.807) is 18.2 Å². The number of carbonyl (C=O) groups is 2. The van der Waals surface area contributed by atoms with Crippen LogP contribution in [0.2, 0.25) is 0 Å². The summed E-state index contributed by atoms with van der Waals surface area (Å²) in [7, 11) is 0. The molecule has 0 unspecified atom stereocenters. The van der Waals surface area contributed by atoms with Crippen LogP contribution in [0.15, 0.2) is 48.2 Å². The average Bonchev–Trinajstić information content (AvgIpc) is 2.79. The van der Waals surface area contributed by atoms with E-state index >= 15 is 0 Å². The van der Waals surface area contributed by atoms with Crippen LogP contribution in [0.1, 0.15) is 22.3 Å². The van der Waals surface area contributed by atoms with Gasteiger partial charge in [0, 0.05) is 0 Å². The lowest BCUT2D eigenvalue weighted by Crippen LogP contribution is -2.31. The van der Waals surface area contributed by atoms with Gasteiger partial charge in [0.05, 0.1) is 16.8 Å². The van der Waals surface area contributed by atoms with Crippen molar-refractivity contribution < 1.29 is 27.9 Å². The molecule has 0 aromatic heterocycles. The average molecular weight is 361 g/mol. The first-order valence-electron chi connectivity index (χ1n) is 7.68. The van der Waals surface area contributed by atoms with Gasteiger partial charge in [-0.1, -0.05) is 24.3 Å². The first-order chi connectivity index (χ1) is 12.1. The molecule has 0 saturated carbocycles. The lowest BCUT2D eigenvalue weighted by molar-refractivity contribution is -0.137. The Morgan fingerprint density at radius 2 is 1.62 bits per heavy atom. The third kappa shape index (κ3) is 2.85. The molecule has 2 aromatic carbocycles. The van der Waals surface area contributed by atoms with Crippen LogP contribution in [0.4, 0.5) is 18.9 Å². The van der Waals surface area contributed by atoms with Crippen molar-refractivity contribution in [2.45, 2.75) is 20.0 Å². The molecule has 0 spiro atoms. The van der Waals surface area contributed by atoms with E-state index in [0.717, 1.165) is 23.3 Å². The molecule has 1 N–H and O–H groups in total. The summed E-state index contributed by atoms with van der Waals surface area (Å²) < 4.78 is 38.7. The molecule has 1 heterocycles. The van der Waals surface area contributed by atoms with E-state index in [9.17, 15) is 27.9 Å². The van der Waals surface area contributed by atoms with Crippen molar-refractivity contribution in [3.63, 3.8) is 0 Å². The number of imide groups is 1. The second-order valence-electron chi connectivity index (χ2n) is 6.02. The van der Waals surface area contributed by atoms with E-state index in [0.29, 0.717) is 16.5 Å². The maximum Gasteiger partial charge on any atom is 0.416 e. The molecule has 3 rings (SSSR count). The Morgan fingerprint density at radius 1 is 0.923 bits per heavy atom. The van der Waals surface area contributed by atoms with Gasteiger partial charge in [-0.2, -0.15) is 13.2 Å². The minimum atomic E-state index is -4.62. The predicted molar refractivity (Wildman–Crippen MR) is 89.4 cm³/mol. The number of anilines is 1. The van der Waals surface area contributed by atoms with Crippen LogP contribution in [0.5, 0.6) is 0 Å². The number of rotatable bonds is 2. The highest BCUT2D eigenvalue weighted by molar-refractivity contribution is 6.44. The number of nitrogens with zero attached hydrogens (tertiary/aromatic N) is 1. The summed E-state index contributed by atoms with van der Waals surface area (Å²) in [4.78, 5) is 25.6. The minimum Gasteiger partial charge on any atom is -0.502 e. The third-order valence-corrected chi connectivity index (χ3v) is 4.29. The summed E-state index contributed by atoms with van der Waals surface area (Å²) in [6.07, 6.45) is -4.62. The highest BCUT2D eigenvalue weighted by Crippen LogP contribution is 2.36. The highest BCUT2D eigenvalue weighted by atomic mass is 19.4. The molecule has 0 aliphatic carbocycles. The first-order valence-corrected chi connectivity index (χ1v) is 7.68. The van der Waals surface area contributed by atoms with Gasteiger partial charge in [0.15, 0.2) is 5.76 Å². The Morgan fingerprint density at radius 3 is 2.23 bits per heavy atom. The highest BCUT2D eigenvalue weighted by Gasteiger charge is 2.41. The van der Waals surface area contributed by atoms with Gasteiger partial charge in [-0.25, -0.2) is 4.90 Å². The van der Waals surface area contributed by atoms with E-state index in [1.165, 1.54) is 6.07 Å². The van der Waals surface area contributed by atoms with Crippen LogP contribution in [0.25, 0.3) is 5.57 Å². The molecular weight excluding hydrogens is 347 g/mol. The van der Waals surface area contributed by atoms with Crippen LogP contribution in [-0.4, -0.2) is 16.9 Å². The van der Waals surface area contributed by atoms with E-state index in [-0.39, 0.29) is 11.3 Å². The molecule has 0 bridgehead atoms. The van der Waals surface area contributed by atoms with Gasteiger partial charge in [0.1, 0.15) is 0 Å². The fourth-order valence-corrected chi connectivity index (χ4v) is 2.73. The van der Waals surface area contributed by atoms with Crippen LogP contribution < -0.4 is 4.90 Å². The molecule has 7 heteroatoms. The standard InChI is InChI=1S/C19H14F3NO3/c1-10-6-7-12(8-11(10)2)15-16(24)18(26)23(17(15)25)14-5-3-4-13(9-14)19(20,21)22/h3-9,24H,1-2H3. The molecule has 0 fully saturated rings. The quantitative estimate of drug-likeness (QED) is 0.817. The maximum atomic E-state index is 12.9. The van der Waals surface area contributed by atoms with Gasteiger partial charge in [0.25, 0.3) is 5.91 Å². The third-order valence-electron chi connectivity index (χ3n) is 4.29. The Labute approximate surface area is 147 Å². The van der Waals surface area contributed by atoms with Crippen molar-refractivity contribution in [2.24, 2.45) is 0 Å². The van der Waals surface area contributed by atoms with Crippen molar-refractivity contribution >= 4 is 23.1 Å². The molecule has 4 nitrogen and oxygen atoms in total. The van der Waals surface area contributed by atoms with Gasteiger partial charge in [-0.15, -0.1) is 0 Å². The normalized spacial score (nSPS) is 15.2. The van der Waals surface area contributed by atoms with Crippen LogP contribution in [0, 0.1) is 13.8 Å². The smallest absolute Gasteiger partial charge is 0.416 e. The maximum absolute atomic E-state index is 12.9. The number of hydrogen-bond acceptors (Lipinski definition) is 3. The van der Waals surface area contributed by atoms with Crippen LogP contribution in [0.3, 0.4) is 0 Å². The van der Waals surface area contributed by atoms with E-state index < -0.39 is 29.3 Å². The van der Waals surface area contributed by atoms with Gasteiger partial charge >= 0.3 is 12.1 Å². The van der Waals surface area contributed by atoms with E-state index in [4.69, 9.17) is 0 Å². The van der Waals surface area contributed by atoms with Crippen LogP contribution in [-0.2, 0) is 15.8 Å². The number of benzene rings is 2. The van der Waals surface area contributed by atoms with Crippen LogP contribution >= 0.6 is 0 Å². The zero-order valence-electron chi connectivity index (χ0n) is 13.9. The number of halogens is 3. The van der Waals surface area contributed by atoms with Crippen molar-refractivity contribution in [3.8, 4) is 0 Å². The van der Waals surface area contributed by atoms with Crippen molar-refractivity contribution in [2.75, 3.05) is 4.90 Å². The number of alkyl halides is 3. The summed E-state index contributed by atoms with van der Waals surface area (Å²) in [6, 6.07) is 8.80. The molecule has 26 heavy (non-hydrogen) atoms. The molecule has 1 aliphatic rings. The number of aryl methyl sites for hydroxylation is 2. The van der Waals surface area contributed by atoms with Gasteiger partial charge in [-0.3, -0.25) is 9.59 Å². The molecule has 2 aromatic rings. The Balaban J connectivity index is 2.05. The summed E-state index contributed by atoms with van der Waals surface area (Å²) in [5, 5.41) is 10.1. The van der Waals surface area contributed by atoms with Gasteiger partial charge < -0.3 is 5.11 Å². The number of hydrogen-bond donors (Lipinski definition) is 1. The van der Waals surface area contributed by atoms with E-state index in [1.807, 2.05) is 13.8 Å². The number of aliphatic hydroxyl groups is 1. The second-order valence-corrected chi connectivity index (χ2v) is 6.02. The Hall–Kier alpha value is -3.09. The predicted octanol–water partition coefficient (Wildman–Crippen LogP) is 4.16. The second kappa shape index (κ2) is 6.01. The summed E-state index contributed by atoms with van der Waals surface area (Å²) in [5.41, 5.74) is 0.671. The Kier molecular flexibility index (Phi) is 4.10. The lowest BCUT2D eigenvalue weighted by Gasteiger charge is -2.16. The van der Waals surface area contributed by atoms with Gasteiger partial charge in [-0.05, 0) is 48.7 Å². The number of aliphatic hydroxyl groups excluding tert-OH is 1. The monoisotopic (exact) mass is 361 g/mol. The summed E-state index contributed by atoms with van der Waals surface area (Å²) in [6.45, 7) is 3.67. The zero-order valence-corrected chi connectivity index (χ0v) is 13.9. The SMILES string of the molecule is Cc1ccc(C2=C(O)C(=O)N(c3cccc(C(F)(F)F)c3)C2=O)cc1C.